The molecule has 3 nitrogen and oxygen atoms in total. The van der Waals surface area contributed by atoms with Gasteiger partial charge in [0.15, 0.2) is 0 Å². The normalized spacial score (nSPS) is 28.6. The van der Waals surface area contributed by atoms with Crippen LogP contribution in [0.3, 0.4) is 0 Å². The van der Waals surface area contributed by atoms with Gasteiger partial charge in [-0.15, -0.1) is 0 Å². The van der Waals surface area contributed by atoms with Crippen molar-refractivity contribution in [2.24, 2.45) is 5.92 Å². The molecule has 0 aromatic heterocycles. The van der Waals surface area contributed by atoms with Crippen LogP contribution in [0.4, 0.5) is 0 Å². The van der Waals surface area contributed by atoms with Gasteiger partial charge in [-0.1, -0.05) is 0 Å². The van der Waals surface area contributed by atoms with Crippen LogP contribution in [0.15, 0.2) is 0 Å². The Hall–Kier alpha value is -0.120. The monoisotopic (exact) mass is 211 g/mol. The number of hydrogen-bond donors (Lipinski definition) is 1. The topological polar surface area (TPSA) is 18.5 Å². The Kier molecular flexibility index (Phi) is 4.00. The smallest absolute Gasteiger partial charge is 0.0223 e. The van der Waals surface area contributed by atoms with E-state index in [1.807, 2.05) is 0 Å². The molecule has 0 aromatic carbocycles. The average molecular weight is 211 g/mol. The fourth-order valence-corrected chi connectivity index (χ4v) is 2.72. The molecule has 0 spiro atoms. The van der Waals surface area contributed by atoms with Gasteiger partial charge in [0.1, 0.15) is 0 Å². The van der Waals surface area contributed by atoms with Crippen molar-refractivity contribution >= 4 is 0 Å². The standard InChI is InChI=1S/C12H25N3/c1-14(2)10-12-4-3-6-15(12)7-5-11-8-13-9-11/h11-13H,3-10H2,1-2H3. The molecule has 88 valence electrons. The van der Waals surface area contributed by atoms with Crippen LogP contribution in [-0.2, 0) is 0 Å². The Labute approximate surface area is 93.8 Å². The summed E-state index contributed by atoms with van der Waals surface area (Å²) >= 11 is 0. The Balaban J connectivity index is 1.69. The summed E-state index contributed by atoms with van der Waals surface area (Å²) < 4.78 is 0. The molecule has 0 saturated carbocycles. The summed E-state index contributed by atoms with van der Waals surface area (Å²) in [4.78, 5) is 5.03. The van der Waals surface area contributed by atoms with Gasteiger partial charge in [0.25, 0.3) is 0 Å². The molecule has 2 saturated heterocycles. The second-order valence-corrected chi connectivity index (χ2v) is 5.41. The molecule has 3 heteroatoms. The minimum atomic E-state index is 0.827. The van der Waals surface area contributed by atoms with Crippen LogP contribution < -0.4 is 5.32 Å². The zero-order chi connectivity index (χ0) is 10.7. The molecule has 2 heterocycles. The Morgan fingerprint density at radius 3 is 2.73 bits per heavy atom. The SMILES string of the molecule is CN(C)CC1CCCN1CCC1CNC1. The van der Waals surface area contributed by atoms with Crippen LogP contribution in [0.2, 0.25) is 0 Å². The first-order valence-electron chi connectivity index (χ1n) is 6.35. The second kappa shape index (κ2) is 5.28. The number of likely N-dealkylation sites (N-methyl/N-ethyl adjacent to an activating group) is 1. The van der Waals surface area contributed by atoms with E-state index in [1.165, 1.54) is 52.0 Å². The third-order valence-corrected chi connectivity index (χ3v) is 3.77. The third-order valence-electron chi connectivity index (χ3n) is 3.77. The summed E-state index contributed by atoms with van der Waals surface area (Å²) in [5.74, 6) is 0.964. The lowest BCUT2D eigenvalue weighted by Crippen LogP contribution is -2.45. The van der Waals surface area contributed by atoms with E-state index in [1.54, 1.807) is 0 Å². The number of likely N-dealkylation sites (tertiary alicyclic amines) is 1. The lowest BCUT2D eigenvalue weighted by atomic mass is 9.99. The highest BCUT2D eigenvalue weighted by molar-refractivity contribution is 4.83. The number of nitrogens with zero attached hydrogens (tertiary/aromatic N) is 2. The van der Waals surface area contributed by atoms with Crippen molar-refractivity contribution in [3.63, 3.8) is 0 Å². The number of nitrogens with one attached hydrogen (secondary N) is 1. The molecular formula is C12H25N3. The van der Waals surface area contributed by atoms with Gasteiger partial charge in [0.2, 0.25) is 0 Å². The molecule has 0 amide bonds. The van der Waals surface area contributed by atoms with Crippen LogP contribution in [0.5, 0.6) is 0 Å². The predicted octanol–water partition coefficient (Wildman–Crippen LogP) is 0.622. The summed E-state index contributed by atoms with van der Waals surface area (Å²) in [7, 11) is 4.37. The Morgan fingerprint density at radius 2 is 2.13 bits per heavy atom. The maximum Gasteiger partial charge on any atom is 0.0223 e. The largest absolute Gasteiger partial charge is 0.316 e. The van der Waals surface area contributed by atoms with E-state index >= 15 is 0 Å². The van der Waals surface area contributed by atoms with Crippen molar-refractivity contribution in [3.8, 4) is 0 Å². The van der Waals surface area contributed by atoms with Crippen LogP contribution >= 0.6 is 0 Å². The Morgan fingerprint density at radius 1 is 1.33 bits per heavy atom. The number of rotatable bonds is 5. The molecule has 1 atom stereocenters. The highest BCUT2D eigenvalue weighted by Gasteiger charge is 2.26. The lowest BCUT2D eigenvalue weighted by molar-refractivity contribution is 0.184. The summed E-state index contributed by atoms with van der Waals surface area (Å²) in [6, 6.07) is 0.827. The molecule has 0 radical (unpaired) electrons. The summed E-state index contributed by atoms with van der Waals surface area (Å²) in [6.45, 7) is 6.41. The molecule has 0 aliphatic carbocycles. The molecule has 0 aromatic rings. The maximum absolute atomic E-state index is 3.35. The number of hydrogen-bond acceptors (Lipinski definition) is 3. The van der Waals surface area contributed by atoms with Gasteiger partial charge in [-0.25, -0.2) is 0 Å². The van der Waals surface area contributed by atoms with Crippen molar-refractivity contribution in [2.45, 2.75) is 25.3 Å². The van der Waals surface area contributed by atoms with E-state index in [0.717, 1.165) is 12.0 Å². The van der Waals surface area contributed by atoms with Gasteiger partial charge in [-0.05, 0) is 65.5 Å². The molecule has 2 fully saturated rings. The van der Waals surface area contributed by atoms with Gasteiger partial charge in [0, 0.05) is 12.6 Å². The van der Waals surface area contributed by atoms with E-state index in [-0.39, 0.29) is 0 Å². The summed E-state index contributed by atoms with van der Waals surface area (Å²) in [5.41, 5.74) is 0. The third kappa shape index (κ3) is 3.16. The molecule has 2 aliphatic rings. The van der Waals surface area contributed by atoms with Crippen molar-refractivity contribution < 1.29 is 0 Å². The van der Waals surface area contributed by atoms with Crippen molar-refractivity contribution in [1.82, 2.24) is 15.1 Å². The second-order valence-electron chi connectivity index (χ2n) is 5.41. The average Bonchev–Trinajstić information content (AvgIpc) is 2.49. The van der Waals surface area contributed by atoms with Crippen LogP contribution in [0, 0.1) is 5.92 Å². The first-order chi connectivity index (χ1) is 7.25. The minimum absolute atomic E-state index is 0.827. The minimum Gasteiger partial charge on any atom is -0.316 e. The molecule has 2 aliphatic heterocycles. The van der Waals surface area contributed by atoms with E-state index in [4.69, 9.17) is 0 Å². The molecule has 1 unspecified atom stereocenters. The van der Waals surface area contributed by atoms with Crippen molar-refractivity contribution in [2.75, 3.05) is 46.8 Å². The summed E-state index contributed by atoms with van der Waals surface area (Å²) in [5, 5.41) is 3.35. The highest BCUT2D eigenvalue weighted by atomic mass is 15.2. The van der Waals surface area contributed by atoms with Gasteiger partial charge in [-0.2, -0.15) is 0 Å². The molecular weight excluding hydrogens is 186 g/mol. The van der Waals surface area contributed by atoms with Gasteiger partial charge in [0.05, 0.1) is 0 Å². The first kappa shape index (κ1) is 11.4. The van der Waals surface area contributed by atoms with Crippen LogP contribution in [0.25, 0.3) is 0 Å². The van der Waals surface area contributed by atoms with Gasteiger partial charge >= 0.3 is 0 Å². The van der Waals surface area contributed by atoms with Crippen LogP contribution in [0.1, 0.15) is 19.3 Å². The molecule has 2 rings (SSSR count). The van der Waals surface area contributed by atoms with E-state index in [9.17, 15) is 0 Å². The van der Waals surface area contributed by atoms with Crippen LogP contribution in [-0.4, -0.2) is 62.7 Å². The van der Waals surface area contributed by atoms with Gasteiger partial charge in [-0.3, -0.25) is 4.90 Å². The molecule has 15 heavy (non-hydrogen) atoms. The summed E-state index contributed by atoms with van der Waals surface area (Å²) in [6.07, 6.45) is 4.21. The maximum atomic E-state index is 3.35. The van der Waals surface area contributed by atoms with E-state index < -0.39 is 0 Å². The molecule has 1 N–H and O–H groups in total. The predicted molar refractivity (Wildman–Crippen MR) is 64.1 cm³/mol. The van der Waals surface area contributed by atoms with Gasteiger partial charge < -0.3 is 10.2 Å². The zero-order valence-corrected chi connectivity index (χ0v) is 10.2. The lowest BCUT2D eigenvalue weighted by Gasteiger charge is -2.32. The fraction of sp³-hybridized carbons (Fsp3) is 1.00. The van der Waals surface area contributed by atoms with Crippen molar-refractivity contribution in [3.05, 3.63) is 0 Å². The van der Waals surface area contributed by atoms with E-state index in [0.29, 0.717) is 0 Å². The fourth-order valence-electron chi connectivity index (χ4n) is 2.72. The Bertz CT molecular complexity index is 189. The van der Waals surface area contributed by atoms with E-state index in [2.05, 4.69) is 29.2 Å². The quantitative estimate of drug-likeness (QED) is 0.719. The zero-order valence-electron chi connectivity index (χ0n) is 10.2. The van der Waals surface area contributed by atoms with Crippen molar-refractivity contribution in [1.29, 1.82) is 0 Å². The molecule has 0 bridgehead atoms. The first-order valence-corrected chi connectivity index (χ1v) is 6.35. The highest BCUT2D eigenvalue weighted by Crippen LogP contribution is 2.19.